The predicted octanol–water partition coefficient (Wildman–Crippen LogP) is 2.53. The van der Waals surface area contributed by atoms with Gasteiger partial charge in [0.05, 0.1) is 17.2 Å². The van der Waals surface area contributed by atoms with E-state index in [2.05, 4.69) is 50.9 Å². The second-order valence-corrected chi connectivity index (χ2v) is 8.59. The molecule has 0 atom stereocenters. The summed E-state index contributed by atoms with van der Waals surface area (Å²) >= 11 is 3.37. The summed E-state index contributed by atoms with van der Waals surface area (Å²) < 4.78 is 0. The lowest BCUT2D eigenvalue weighted by molar-refractivity contribution is 0.380. The molecule has 0 bridgehead atoms. The maximum Gasteiger partial charge on any atom is 0.191 e. The van der Waals surface area contributed by atoms with Gasteiger partial charge in [-0.2, -0.15) is 0 Å². The molecular weight excluding hydrogens is 340 g/mol. The van der Waals surface area contributed by atoms with Crippen molar-refractivity contribution in [2.45, 2.75) is 32.7 Å². The Balaban J connectivity index is 1.54. The molecule has 0 aliphatic carbocycles. The fraction of sp³-hybridized carbons (Fsp3) is 0.562. The number of rotatable bonds is 3. The van der Waals surface area contributed by atoms with Crippen molar-refractivity contribution < 1.29 is 0 Å². The molecule has 3 heterocycles. The number of anilines is 1. The van der Waals surface area contributed by atoms with Gasteiger partial charge in [-0.3, -0.25) is 0 Å². The van der Waals surface area contributed by atoms with Gasteiger partial charge < -0.3 is 15.5 Å². The molecule has 1 aliphatic rings. The van der Waals surface area contributed by atoms with Gasteiger partial charge in [-0.15, -0.1) is 22.7 Å². The SMILES string of the molecule is CC(C)(C)c1nc(CN=C(N)N2CCN(c3nccs3)CC2)cs1. The minimum Gasteiger partial charge on any atom is -0.370 e. The first-order chi connectivity index (χ1) is 11.4. The fourth-order valence-corrected chi connectivity index (χ4v) is 4.08. The van der Waals surface area contributed by atoms with Crippen LogP contribution in [0.4, 0.5) is 5.13 Å². The Morgan fingerprint density at radius 1 is 1.25 bits per heavy atom. The molecule has 0 aromatic carbocycles. The molecule has 0 amide bonds. The Labute approximate surface area is 151 Å². The van der Waals surface area contributed by atoms with Crippen LogP contribution in [0, 0.1) is 0 Å². The zero-order valence-corrected chi connectivity index (χ0v) is 16.0. The predicted molar refractivity (Wildman–Crippen MR) is 102 cm³/mol. The van der Waals surface area contributed by atoms with Crippen LogP contribution in [0.5, 0.6) is 0 Å². The molecule has 1 aliphatic heterocycles. The van der Waals surface area contributed by atoms with E-state index in [-0.39, 0.29) is 5.41 Å². The van der Waals surface area contributed by atoms with Gasteiger partial charge in [-0.25, -0.2) is 15.0 Å². The monoisotopic (exact) mass is 364 g/mol. The largest absolute Gasteiger partial charge is 0.370 e. The van der Waals surface area contributed by atoms with E-state index >= 15 is 0 Å². The molecule has 1 fully saturated rings. The van der Waals surface area contributed by atoms with E-state index in [1.54, 1.807) is 22.7 Å². The Morgan fingerprint density at radius 3 is 2.58 bits per heavy atom. The minimum atomic E-state index is 0.0876. The number of thiazole rings is 2. The molecule has 24 heavy (non-hydrogen) atoms. The first-order valence-corrected chi connectivity index (χ1v) is 9.83. The third-order valence-electron chi connectivity index (χ3n) is 3.89. The Kier molecular flexibility index (Phi) is 5.05. The normalized spacial score (nSPS) is 16.7. The molecule has 1 saturated heterocycles. The first kappa shape index (κ1) is 17.2. The highest BCUT2D eigenvalue weighted by molar-refractivity contribution is 7.13. The number of nitrogens with two attached hydrogens (primary N) is 1. The minimum absolute atomic E-state index is 0.0876. The summed E-state index contributed by atoms with van der Waals surface area (Å²) in [6.07, 6.45) is 1.85. The van der Waals surface area contributed by atoms with Crippen LogP contribution in [-0.4, -0.2) is 47.0 Å². The van der Waals surface area contributed by atoms with Crippen LogP contribution in [0.1, 0.15) is 31.5 Å². The maximum absolute atomic E-state index is 6.17. The molecule has 0 spiro atoms. The van der Waals surface area contributed by atoms with Crippen LogP contribution in [-0.2, 0) is 12.0 Å². The molecular formula is C16H24N6S2. The van der Waals surface area contributed by atoms with Gasteiger partial charge in [0.2, 0.25) is 0 Å². The molecule has 2 aromatic rings. The maximum atomic E-state index is 6.17. The lowest BCUT2D eigenvalue weighted by Crippen LogP contribution is -2.51. The van der Waals surface area contributed by atoms with Crippen molar-refractivity contribution in [2.24, 2.45) is 10.7 Å². The first-order valence-electron chi connectivity index (χ1n) is 8.07. The average molecular weight is 365 g/mol. The van der Waals surface area contributed by atoms with Gasteiger partial charge in [-0.05, 0) is 0 Å². The topological polar surface area (TPSA) is 70.6 Å². The summed E-state index contributed by atoms with van der Waals surface area (Å²) in [6.45, 7) is 10.7. The van der Waals surface area contributed by atoms with Crippen molar-refractivity contribution >= 4 is 33.8 Å². The standard InChI is InChI=1S/C16H24N6S2/c1-16(2,3)13-20-12(11-24-13)10-19-14(17)21-5-7-22(8-6-21)15-18-4-9-23-15/h4,9,11H,5-8,10H2,1-3H3,(H2,17,19). The van der Waals surface area contributed by atoms with Crippen molar-refractivity contribution in [2.75, 3.05) is 31.1 Å². The summed E-state index contributed by atoms with van der Waals surface area (Å²) in [5, 5.41) is 6.32. The van der Waals surface area contributed by atoms with Crippen molar-refractivity contribution in [1.29, 1.82) is 0 Å². The molecule has 8 heteroatoms. The van der Waals surface area contributed by atoms with E-state index in [0.717, 1.165) is 42.0 Å². The van der Waals surface area contributed by atoms with Crippen LogP contribution in [0.2, 0.25) is 0 Å². The lowest BCUT2D eigenvalue weighted by atomic mass is 9.98. The molecule has 0 unspecified atom stereocenters. The van der Waals surface area contributed by atoms with Gasteiger partial charge in [0.25, 0.3) is 0 Å². The number of hydrogen-bond acceptors (Lipinski definition) is 6. The van der Waals surface area contributed by atoms with Crippen LogP contribution in [0.3, 0.4) is 0 Å². The summed E-state index contributed by atoms with van der Waals surface area (Å²) in [5.41, 5.74) is 7.26. The number of guanidine groups is 1. The Morgan fingerprint density at radius 2 is 2.00 bits per heavy atom. The van der Waals surface area contributed by atoms with Crippen LogP contribution < -0.4 is 10.6 Å². The molecule has 3 rings (SSSR count). The number of piperazine rings is 1. The molecule has 2 N–H and O–H groups in total. The summed E-state index contributed by atoms with van der Waals surface area (Å²) in [4.78, 5) is 18.0. The number of hydrogen-bond donors (Lipinski definition) is 1. The quantitative estimate of drug-likeness (QED) is 0.669. The third kappa shape index (κ3) is 4.05. The Bertz CT molecular complexity index is 678. The van der Waals surface area contributed by atoms with E-state index in [0.29, 0.717) is 12.5 Å². The molecule has 0 radical (unpaired) electrons. The second-order valence-electron chi connectivity index (χ2n) is 6.86. The molecule has 130 valence electrons. The lowest BCUT2D eigenvalue weighted by Gasteiger charge is -2.35. The van der Waals surface area contributed by atoms with Crippen molar-refractivity contribution in [3.05, 3.63) is 27.7 Å². The van der Waals surface area contributed by atoms with E-state index in [9.17, 15) is 0 Å². The highest BCUT2D eigenvalue weighted by Crippen LogP contribution is 2.25. The highest BCUT2D eigenvalue weighted by Gasteiger charge is 2.20. The average Bonchev–Trinajstić information content (AvgIpc) is 3.23. The van der Waals surface area contributed by atoms with E-state index in [4.69, 9.17) is 5.73 Å². The molecule has 0 saturated carbocycles. The van der Waals surface area contributed by atoms with Crippen molar-refractivity contribution in [3.8, 4) is 0 Å². The van der Waals surface area contributed by atoms with Crippen molar-refractivity contribution in [3.63, 3.8) is 0 Å². The summed E-state index contributed by atoms with van der Waals surface area (Å²) in [6, 6.07) is 0. The summed E-state index contributed by atoms with van der Waals surface area (Å²) in [7, 11) is 0. The van der Waals surface area contributed by atoms with Crippen LogP contribution in [0.15, 0.2) is 21.9 Å². The van der Waals surface area contributed by atoms with Gasteiger partial charge in [0.1, 0.15) is 0 Å². The number of nitrogens with zero attached hydrogens (tertiary/aromatic N) is 5. The number of aliphatic imine (C=N–C) groups is 1. The summed E-state index contributed by atoms with van der Waals surface area (Å²) in [5.74, 6) is 0.610. The second kappa shape index (κ2) is 7.06. The van der Waals surface area contributed by atoms with Gasteiger partial charge in [0.15, 0.2) is 11.1 Å². The van der Waals surface area contributed by atoms with Gasteiger partial charge in [0, 0.05) is 48.6 Å². The zero-order chi connectivity index (χ0) is 17.2. The Hall–Kier alpha value is -1.67. The molecule has 2 aromatic heterocycles. The zero-order valence-electron chi connectivity index (χ0n) is 14.4. The van der Waals surface area contributed by atoms with Gasteiger partial charge in [-0.1, -0.05) is 20.8 Å². The fourth-order valence-electron chi connectivity index (χ4n) is 2.49. The van der Waals surface area contributed by atoms with E-state index in [1.165, 1.54) is 0 Å². The third-order valence-corrected chi connectivity index (χ3v) is 6.04. The van der Waals surface area contributed by atoms with Crippen LogP contribution >= 0.6 is 22.7 Å². The molecule has 6 nitrogen and oxygen atoms in total. The van der Waals surface area contributed by atoms with Gasteiger partial charge >= 0.3 is 0 Å². The smallest absolute Gasteiger partial charge is 0.191 e. The highest BCUT2D eigenvalue weighted by atomic mass is 32.1. The number of aromatic nitrogens is 2. The van der Waals surface area contributed by atoms with Crippen molar-refractivity contribution in [1.82, 2.24) is 14.9 Å². The van der Waals surface area contributed by atoms with E-state index in [1.807, 2.05) is 11.6 Å². The van der Waals surface area contributed by atoms with Crippen LogP contribution in [0.25, 0.3) is 0 Å². The van der Waals surface area contributed by atoms with E-state index < -0.39 is 0 Å².